The molecule has 0 radical (unpaired) electrons. The average molecular weight is 255 g/mol. The SMILES string of the molecule is NC1CCN(C(=O)OCc2cccc(Cl)c2)C1. The first-order chi connectivity index (χ1) is 8.15. The number of likely N-dealkylation sites (tertiary alicyclic amines) is 1. The van der Waals surface area contributed by atoms with E-state index in [0.29, 0.717) is 18.1 Å². The lowest BCUT2D eigenvalue weighted by Gasteiger charge is -2.15. The Kier molecular flexibility index (Phi) is 3.86. The van der Waals surface area contributed by atoms with Crippen molar-refractivity contribution < 1.29 is 9.53 Å². The number of rotatable bonds is 2. The maximum absolute atomic E-state index is 11.7. The van der Waals surface area contributed by atoms with Crippen molar-refractivity contribution in [3.05, 3.63) is 34.9 Å². The summed E-state index contributed by atoms with van der Waals surface area (Å²) in [6, 6.07) is 7.34. The summed E-state index contributed by atoms with van der Waals surface area (Å²) in [7, 11) is 0. The molecule has 1 atom stereocenters. The number of amides is 1. The molecule has 1 amide bonds. The normalized spacial score (nSPS) is 19.4. The molecule has 5 heteroatoms. The highest BCUT2D eigenvalue weighted by molar-refractivity contribution is 6.30. The highest BCUT2D eigenvalue weighted by atomic mass is 35.5. The van der Waals surface area contributed by atoms with Gasteiger partial charge in [-0.3, -0.25) is 0 Å². The van der Waals surface area contributed by atoms with Gasteiger partial charge in [-0.1, -0.05) is 23.7 Å². The highest BCUT2D eigenvalue weighted by Gasteiger charge is 2.24. The van der Waals surface area contributed by atoms with E-state index in [4.69, 9.17) is 22.1 Å². The van der Waals surface area contributed by atoms with Gasteiger partial charge in [-0.15, -0.1) is 0 Å². The quantitative estimate of drug-likeness (QED) is 0.878. The molecular weight excluding hydrogens is 240 g/mol. The molecule has 1 aromatic rings. The van der Waals surface area contributed by atoms with Crippen LogP contribution >= 0.6 is 11.6 Å². The molecule has 92 valence electrons. The first kappa shape index (κ1) is 12.2. The summed E-state index contributed by atoms with van der Waals surface area (Å²) < 4.78 is 5.19. The summed E-state index contributed by atoms with van der Waals surface area (Å²) in [6.45, 7) is 1.50. The maximum atomic E-state index is 11.7. The summed E-state index contributed by atoms with van der Waals surface area (Å²) in [5.74, 6) is 0. The van der Waals surface area contributed by atoms with Gasteiger partial charge in [0.1, 0.15) is 6.61 Å². The van der Waals surface area contributed by atoms with Crippen molar-refractivity contribution in [1.29, 1.82) is 0 Å². The van der Waals surface area contributed by atoms with Gasteiger partial charge in [0.15, 0.2) is 0 Å². The Morgan fingerprint density at radius 2 is 2.41 bits per heavy atom. The van der Waals surface area contributed by atoms with Crippen LogP contribution in [0.2, 0.25) is 5.02 Å². The molecular formula is C12H15ClN2O2. The molecule has 0 saturated carbocycles. The van der Waals surface area contributed by atoms with Gasteiger partial charge in [0, 0.05) is 24.2 Å². The Labute approximate surface area is 105 Å². The van der Waals surface area contributed by atoms with Crippen molar-refractivity contribution in [2.75, 3.05) is 13.1 Å². The largest absolute Gasteiger partial charge is 0.445 e. The second-order valence-corrected chi connectivity index (χ2v) is 4.62. The van der Waals surface area contributed by atoms with Gasteiger partial charge in [0.05, 0.1) is 0 Å². The summed E-state index contributed by atoms with van der Waals surface area (Å²) in [6.07, 6.45) is 0.532. The van der Waals surface area contributed by atoms with E-state index in [9.17, 15) is 4.79 Å². The molecule has 4 nitrogen and oxygen atoms in total. The molecule has 2 N–H and O–H groups in total. The number of halogens is 1. The zero-order chi connectivity index (χ0) is 12.3. The van der Waals surface area contributed by atoms with Crippen LogP contribution in [0.1, 0.15) is 12.0 Å². The van der Waals surface area contributed by atoms with Crippen LogP contribution in [-0.2, 0) is 11.3 Å². The molecule has 1 aromatic carbocycles. The highest BCUT2D eigenvalue weighted by Crippen LogP contribution is 2.13. The van der Waals surface area contributed by atoms with E-state index in [1.54, 1.807) is 17.0 Å². The van der Waals surface area contributed by atoms with Crippen LogP contribution in [0.5, 0.6) is 0 Å². The van der Waals surface area contributed by atoms with Crippen LogP contribution in [0.4, 0.5) is 4.79 Å². The van der Waals surface area contributed by atoms with Crippen LogP contribution in [0.25, 0.3) is 0 Å². The van der Waals surface area contributed by atoms with Gasteiger partial charge in [0.25, 0.3) is 0 Å². The van der Waals surface area contributed by atoms with Crippen molar-refractivity contribution in [1.82, 2.24) is 4.90 Å². The molecule has 1 aliphatic heterocycles. The van der Waals surface area contributed by atoms with Crippen molar-refractivity contribution in [2.24, 2.45) is 5.73 Å². The van der Waals surface area contributed by atoms with Crippen molar-refractivity contribution in [2.45, 2.75) is 19.1 Å². The summed E-state index contributed by atoms with van der Waals surface area (Å²) in [4.78, 5) is 13.3. The maximum Gasteiger partial charge on any atom is 0.410 e. The summed E-state index contributed by atoms with van der Waals surface area (Å²) in [5, 5.41) is 0.641. The molecule has 1 aliphatic rings. The molecule has 0 bridgehead atoms. The molecule has 1 saturated heterocycles. The van der Waals surface area contributed by atoms with Crippen LogP contribution in [-0.4, -0.2) is 30.1 Å². The first-order valence-electron chi connectivity index (χ1n) is 5.57. The first-order valence-corrected chi connectivity index (χ1v) is 5.94. The summed E-state index contributed by atoms with van der Waals surface area (Å²) >= 11 is 5.84. The van der Waals surface area contributed by atoms with Crippen molar-refractivity contribution >= 4 is 17.7 Å². The summed E-state index contributed by atoms with van der Waals surface area (Å²) in [5.41, 5.74) is 6.61. The van der Waals surface area contributed by atoms with Gasteiger partial charge in [-0.05, 0) is 24.1 Å². The Morgan fingerprint density at radius 3 is 3.06 bits per heavy atom. The molecule has 0 spiro atoms. The predicted octanol–water partition coefficient (Wildman–Crippen LogP) is 2.01. The number of hydrogen-bond acceptors (Lipinski definition) is 3. The fourth-order valence-corrected chi connectivity index (χ4v) is 2.03. The Morgan fingerprint density at radius 1 is 1.59 bits per heavy atom. The zero-order valence-electron chi connectivity index (χ0n) is 9.43. The van der Waals surface area contributed by atoms with Crippen LogP contribution in [0.15, 0.2) is 24.3 Å². The molecule has 1 fully saturated rings. The van der Waals surface area contributed by atoms with Gasteiger partial charge in [-0.2, -0.15) is 0 Å². The molecule has 0 aromatic heterocycles. The Hall–Kier alpha value is -1.26. The smallest absolute Gasteiger partial charge is 0.410 e. The number of hydrogen-bond donors (Lipinski definition) is 1. The predicted molar refractivity (Wildman–Crippen MR) is 65.8 cm³/mol. The molecule has 17 heavy (non-hydrogen) atoms. The van der Waals surface area contributed by atoms with Crippen LogP contribution in [0.3, 0.4) is 0 Å². The standard InChI is InChI=1S/C12H15ClN2O2/c13-10-3-1-2-9(6-10)8-17-12(16)15-5-4-11(14)7-15/h1-3,6,11H,4-5,7-8,14H2. The Bertz CT molecular complexity index is 411. The minimum absolute atomic E-state index is 0.0775. The third-order valence-electron chi connectivity index (χ3n) is 2.73. The number of benzene rings is 1. The number of carbonyl (C=O) groups excluding carboxylic acids is 1. The van der Waals surface area contributed by atoms with Crippen LogP contribution < -0.4 is 5.73 Å². The molecule has 2 rings (SSSR count). The van der Waals surface area contributed by atoms with E-state index in [1.807, 2.05) is 12.1 Å². The molecule has 1 unspecified atom stereocenters. The lowest BCUT2D eigenvalue weighted by Crippen LogP contribution is -2.32. The number of nitrogens with two attached hydrogens (primary N) is 1. The van der Waals surface area contributed by atoms with Crippen molar-refractivity contribution in [3.8, 4) is 0 Å². The average Bonchev–Trinajstić information content (AvgIpc) is 2.73. The zero-order valence-corrected chi connectivity index (χ0v) is 10.2. The van der Waals surface area contributed by atoms with E-state index in [2.05, 4.69) is 0 Å². The second-order valence-electron chi connectivity index (χ2n) is 4.18. The van der Waals surface area contributed by atoms with Gasteiger partial charge >= 0.3 is 6.09 Å². The van der Waals surface area contributed by atoms with E-state index >= 15 is 0 Å². The van der Waals surface area contributed by atoms with E-state index in [1.165, 1.54) is 0 Å². The fraction of sp³-hybridized carbons (Fsp3) is 0.417. The topological polar surface area (TPSA) is 55.6 Å². The van der Waals surface area contributed by atoms with Gasteiger partial charge < -0.3 is 15.4 Å². The third-order valence-corrected chi connectivity index (χ3v) is 2.97. The third kappa shape index (κ3) is 3.35. The second kappa shape index (κ2) is 5.38. The van der Waals surface area contributed by atoms with Crippen LogP contribution in [0, 0.1) is 0 Å². The minimum Gasteiger partial charge on any atom is -0.445 e. The number of carbonyl (C=O) groups is 1. The molecule has 0 aliphatic carbocycles. The van der Waals surface area contributed by atoms with E-state index in [0.717, 1.165) is 12.0 Å². The fourth-order valence-electron chi connectivity index (χ4n) is 1.82. The van der Waals surface area contributed by atoms with E-state index < -0.39 is 0 Å². The monoisotopic (exact) mass is 254 g/mol. The van der Waals surface area contributed by atoms with Crippen molar-refractivity contribution in [3.63, 3.8) is 0 Å². The van der Waals surface area contributed by atoms with E-state index in [-0.39, 0.29) is 18.7 Å². The van der Waals surface area contributed by atoms with Gasteiger partial charge in [-0.25, -0.2) is 4.79 Å². The minimum atomic E-state index is -0.307. The lowest BCUT2D eigenvalue weighted by molar-refractivity contribution is 0.104. The lowest BCUT2D eigenvalue weighted by atomic mass is 10.2. The van der Waals surface area contributed by atoms with Gasteiger partial charge in [0.2, 0.25) is 0 Å². The molecule has 1 heterocycles. The Balaban J connectivity index is 1.84. The number of ether oxygens (including phenoxy) is 1. The number of nitrogens with zero attached hydrogens (tertiary/aromatic N) is 1.